The standard InChI is InChI=1S/C14H24N2O/c1-4-12(9-15)14(17)16(10-11(2)3)13-7-5-6-8-13/h11-13H,4-8,10H2,1-3H3. The van der Waals surface area contributed by atoms with Crippen molar-refractivity contribution in [2.24, 2.45) is 11.8 Å². The van der Waals surface area contributed by atoms with Crippen molar-refractivity contribution in [2.75, 3.05) is 6.54 Å². The summed E-state index contributed by atoms with van der Waals surface area (Å²) >= 11 is 0. The summed E-state index contributed by atoms with van der Waals surface area (Å²) < 4.78 is 0. The van der Waals surface area contributed by atoms with Crippen LogP contribution in [0.25, 0.3) is 0 Å². The molecule has 1 amide bonds. The van der Waals surface area contributed by atoms with Crippen LogP contribution in [0.1, 0.15) is 52.9 Å². The Morgan fingerprint density at radius 1 is 1.41 bits per heavy atom. The van der Waals surface area contributed by atoms with Crippen molar-refractivity contribution in [3.05, 3.63) is 0 Å². The summed E-state index contributed by atoms with van der Waals surface area (Å²) in [5, 5.41) is 9.02. The van der Waals surface area contributed by atoms with E-state index in [1.165, 1.54) is 12.8 Å². The summed E-state index contributed by atoms with van der Waals surface area (Å²) in [6.07, 6.45) is 5.28. The molecule has 3 nitrogen and oxygen atoms in total. The number of nitrogens with zero attached hydrogens (tertiary/aromatic N) is 2. The van der Waals surface area contributed by atoms with E-state index in [1.807, 2.05) is 11.8 Å². The van der Waals surface area contributed by atoms with Gasteiger partial charge in [0.2, 0.25) is 5.91 Å². The Kier molecular flexibility index (Phi) is 5.47. The van der Waals surface area contributed by atoms with Gasteiger partial charge in [0.1, 0.15) is 5.92 Å². The number of hydrogen-bond acceptors (Lipinski definition) is 2. The first-order valence-corrected chi connectivity index (χ1v) is 6.80. The van der Waals surface area contributed by atoms with E-state index in [-0.39, 0.29) is 5.91 Å². The second kappa shape index (κ2) is 6.64. The monoisotopic (exact) mass is 236 g/mol. The molecule has 3 heteroatoms. The van der Waals surface area contributed by atoms with Gasteiger partial charge in [-0.05, 0) is 25.2 Å². The molecular formula is C14H24N2O. The van der Waals surface area contributed by atoms with Crippen LogP contribution in [0.2, 0.25) is 0 Å². The summed E-state index contributed by atoms with van der Waals surface area (Å²) in [6.45, 7) is 6.96. The molecule has 0 aromatic rings. The molecule has 17 heavy (non-hydrogen) atoms. The lowest BCUT2D eigenvalue weighted by Gasteiger charge is -2.32. The molecule has 0 spiro atoms. The Morgan fingerprint density at radius 3 is 2.41 bits per heavy atom. The predicted molar refractivity (Wildman–Crippen MR) is 68.2 cm³/mol. The first kappa shape index (κ1) is 14.0. The summed E-state index contributed by atoms with van der Waals surface area (Å²) in [4.78, 5) is 14.3. The summed E-state index contributed by atoms with van der Waals surface area (Å²) in [7, 11) is 0. The molecule has 1 atom stereocenters. The second-order valence-electron chi connectivity index (χ2n) is 5.41. The third-order valence-electron chi connectivity index (χ3n) is 3.47. The van der Waals surface area contributed by atoms with E-state index in [9.17, 15) is 4.79 Å². The molecule has 1 rings (SSSR count). The van der Waals surface area contributed by atoms with Gasteiger partial charge < -0.3 is 4.90 Å². The normalized spacial score (nSPS) is 18.1. The van der Waals surface area contributed by atoms with Crippen LogP contribution in [0.4, 0.5) is 0 Å². The molecule has 96 valence electrons. The molecule has 0 bridgehead atoms. The zero-order valence-corrected chi connectivity index (χ0v) is 11.3. The highest BCUT2D eigenvalue weighted by Crippen LogP contribution is 2.26. The Morgan fingerprint density at radius 2 is 2.00 bits per heavy atom. The fourth-order valence-corrected chi connectivity index (χ4v) is 2.55. The van der Waals surface area contributed by atoms with Gasteiger partial charge >= 0.3 is 0 Å². The number of carbonyl (C=O) groups is 1. The quantitative estimate of drug-likeness (QED) is 0.736. The molecule has 1 saturated carbocycles. The average Bonchev–Trinajstić information content (AvgIpc) is 2.80. The molecular weight excluding hydrogens is 212 g/mol. The summed E-state index contributed by atoms with van der Waals surface area (Å²) in [5.41, 5.74) is 0. The SMILES string of the molecule is CCC(C#N)C(=O)N(CC(C)C)C1CCCC1. The number of nitriles is 1. The maximum atomic E-state index is 12.3. The second-order valence-corrected chi connectivity index (χ2v) is 5.41. The van der Waals surface area contributed by atoms with Gasteiger partial charge in [-0.1, -0.05) is 33.6 Å². The highest BCUT2D eigenvalue weighted by atomic mass is 16.2. The van der Waals surface area contributed by atoms with Crippen molar-refractivity contribution in [1.82, 2.24) is 4.90 Å². The molecule has 1 unspecified atom stereocenters. The fraction of sp³-hybridized carbons (Fsp3) is 0.857. The van der Waals surface area contributed by atoms with Crippen molar-refractivity contribution in [3.8, 4) is 6.07 Å². The minimum Gasteiger partial charge on any atom is -0.338 e. The molecule has 0 saturated heterocycles. The van der Waals surface area contributed by atoms with Crippen LogP contribution in [0.15, 0.2) is 0 Å². The molecule has 0 heterocycles. The van der Waals surface area contributed by atoms with Crippen LogP contribution >= 0.6 is 0 Å². The largest absolute Gasteiger partial charge is 0.338 e. The molecule has 1 fully saturated rings. The van der Waals surface area contributed by atoms with Gasteiger partial charge in [-0.3, -0.25) is 4.79 Å². The van der Waals surface area contributed by atoms with Crippen molar-refractivity contribution in [2.45, 2.75) is 58.9 Å². The zero-order valence-electron chi connectivity index (χ0n) is 11.3. The van der Waals surface area contributed by atoms with Gasteiger partial charge in [0, 0.05) is 12.6 Å². The van der Waals surface area contributed by atoms with E-state index >= 15 is 0 Å². The minimum absolute atomic E-state index is 0.0515. The third kappa shape index (κ3) is 3.73. The van der Waals surface area contributed by atoms with E-state index in [0.717, 1.165) is 19.4 Å². The van der Waals surface area contributed by atoms with E-state index in [4.69, 9.17) is 5.26 Å². The highest BCUT2D eigenvalue weighted by molar-refractivity contribution is 5.81. The highest BCUT2D eigenvalue weighted by Gasteiger charge is 2.30. The fourth-order valence-electron chi connectivity index (χ4n) is 2.55. The van der Waals surface area contributed by atoms with E-state index in [1.54, 1.807) is 0 Å². The van der Waals surface area contributed by atoms with Crippen LogP contribution in [0.5, 0.6) is 0 Å². The molecule has 0 N–H and O–H groups in total. The van der Waals surface area contributed by atoms with Crippen molar-refractivity contribution in [3.63, 3.8) is 0 Å². The number of amides is 1. The topological polar surface area (TPSA) is 44.1 Å². The summed E-state index contributed by atoms with van der Waals surface area (Å²) in [6, 6.07) is 2.52. The lowest BCUT2D eigenvalue weighted by atomic mass is 10.0. The van der Waals surface area contributed by atoms with Crippen molar-refractivity contribution < 1.29 is 4.79 Å². The lowest BCUT2D eigenvalue weighted by molar-refractivity contribution is -0.136. The van der Waals surface area contributed by atoms with E-state index in [2.05, 4.69) is 19.9 Å². The number of hydrogen-bond donors (Lipinski definition) is 0. The van der Waals surface area contributed by atoms with Gasteiger partial charge in [-0.25, -0.2) is 0 Å². The van der Waals surface area contributed by atoms with Crippen molar-refractivity contribution in [1.29, 1.82) is 5.26 Å². The van der Waals surface area contributed by atoms with Gasteiger partial charge in [-0.15, -0.1) is 0 Å². The van der Waals surface area contributed by atoms with Crippen molar-refractivity contribution >= 4 is 5.91 Å². The van der Waals surface area contributed by atoms with E-state index < -0.39 is 5.92 Å². The first-order valence-electron chi connectivity index (χ1n) is 6.80. The first-order chi connectivity index (χ1) is 8.10. The van der Waals surface area contributed by atoms with Crippen LogP contribution in [0.3, 0.4) is 0 Å². The maximum Gasteiger partial charge on any atom is 0.240 e. The molecule has 1 aliphatic carbocycles. The van der Waals surface area contributed by atoms with Crippen LogP contribution in [-0.2, 0) is 4.79 Å². The van der Waals surface area contributed by atoms with Crippen LogP contribution < -0.4 is 0 Å². The Bertz CT molecular complexity index is 287. The average molecular weight is 236 g/mol. The third-order valence-corrected chi connectivity index (χ3v) is 3.47. The molecule has 0 aromatic heterocycles. The van der Waals surface area contributed by atoms with E-state index in [0.29, 0.717) is 18.4 Å². The Labute approximate surface area is 105 Å². The molecule has 1 aliphatic rings. The number of carbonyl (C=O) groups excluding carboxylic acids is 1. The molecule has 0 aliphatic heterocycles. The van der Waals surface area contributed by atoms with Gasteiger partial charge in [0.25, 0.3) is 0 Å². The Hall–Kier alpha value is -1.04. The smallest absolute Gasteiger partial charge is 0.240 e. The van der Waals surface area contributed by atoms with Gasteiger partial charge in [0.15, 0.2) is 0 Å². The van der Waals surface area contributed by atoms with Gasteiger partial charge in [-0.2, -0.15) is 5.26 Å². The minimum atomic E-state index is -0.450. The zero-order chi connectivity index (χ0) is 12.8. The van der Waals surface area contributed by atoms with Crippen LogP contribution in [0, 0.1) is 23.2 Å². The van der Waals surface area contributed by atoms with Crippen LogP contribution in [-0.4, -0.2) is 23.4 Å². The summed E-state index contributed by atoms with van der Waals surface area (Å²) in [5.74, 6) is 0.0701. The maximum absolute atomic E-state index is 12.3. The predicted octanol–water partition coefficient (Wildman–Crippen LogP) is 2.96. The molecule has 0 aromatic carbocycles. The lowest BCUT2D eigenvalue weighted by Crippen LogP contribution is -2.44. The molecule has 0 radical (unpaired) electrons. The van der Waals surface area contributed by atoms with Gasteiger partial charge in [0.05, 0.1) is 6.07 Å². The Balaban J connectivity index is 2.74. The number of rotatable bonds is 5.